The van der Waals surface area contributed by atoms with Gasteiger partial charge in [-0.1, -0.05) is 29.8 Å². The molecule has 2 N–H and O–H groups in total. The first-order valence-corrected chi connectivity index (χ1v) is 10.9. The number of piperazine rings is 1. The van der Waals surface area contributed by atoms with Crippen LogP contribution in [0, 0.1) is 6.92 Å². The minimum atomic E-state index is 0.0511. The lowest BCUT2D eigenvalue weighted by Crippen LogP contribution is -3.14. The number of nitrogens with one attached hydrogen (secondary N) is 2. The van der Waals surface area contributed by atoms with Gasteiger partial charge in [-0.15, -0.1) is 0 Å². The molecule has 1 aliphatic heterocycles. The van der Waals surface area contributed by atoms with Gasteiger partial charge in [0.1, 0.15) is 11.3 Å². The van der Waals surface area contributed by atoms with E-state index in [-0.39, 0.29) is 5.78 Å². The number of carbonyl (C=O) groups excluding carboxylic acids is 1. The summed E-state index contributed by atoms with van der Waals surface area (Å²) < 4.78 is 5.77. The number of hydrogen-bond acceptors (Lipinski definition) is 3. The number of quaternary nitrogens is 1. The second-order valence-corrected chi connectivity index (χ2v) is 7.98. The van der Waals surface area contributed by atoms with Crippen LogP contribution in [0.3, 0.4) is 0 Å². The number of aromatic nitrogens is 1. The molecule has 1 fully saturated rings. The molecule has 5 nitrogen and oxygen atoms in total. The molecule has 30 heavy (non-hydrogen) atoms. The number of nitrogens with zero attached hydrogens (tertiary/aromatic N) is 1. The summed E-state index contributed by atoms with van der Waals surface area (Å²) in [5, 5.41) is 1.04. The minimum Gasteiger partial charge on any atom is -0.494 e. The number of hydrogen-bond donors (Lipinski definition) is 1. The molecule has 0 aliphatic carbocycles. The fraction of sp³-hybridized carbons (Fsp3) is 0.360. The average molecular weight is 406 g/mol. The van der Waals surface area contributed by atoms with Gasteiger partial charge in [0.05, 0.1) is 50.4 Å². The van der Waals surface area contributed by atoms with Gasteiger partial charge in [0, 0.05) is 11.6 Å². The van der Waals surface area contributed by atoms with E-state index in [1.807, 2.05) is 56.4 Å². The first kappa shape index (κ1) is 20.4. The molecule has 5 heteroatoms. The molecular formula is C25H31N3O2+2. The van der Waals surface area contributed by atoms with Crippen LogP contribution in [0.4, 0.5) is 5.69 Å². The summed E-state index contributed by atoms with van der Waals surface area (Å²) in [7, 11) is 0. The normalized spacial score (nSPS) is 14.8. The van der Waals surface area contributed by atoms with Crippen molar-refractivity contribution in [3.05, 3.63) is 65.4 Å². The maximum absolute atomic E-state index is 13.5. The molecule has 1 aromatic heterocycles. The Kier molecular flexibility index (Phi) is 6.00. The molecule has 3 aromatic rings. The number of fused-ring (bicyclic) bond motifs is 1. The van der Waals surface area contributed by atoms with Crippen molar-refractivity contribution in [2.45, 2.75) is 20.8 Å². The number of rotatable bonds is 6. The van der Waals surface area contributed by atoms with E-state index in [9.17, 15) is 4.79 Å². The zero-order valence-electron chi connectivity index (χ0n) is 18.1. The predicted molar refractivity (Wildman–Crippen MR) is 120 cm³/mol. The van der Waals surface area contributed by atoms with Crippen LogP contribution in [-0.4, -0.2) is 45.1 Å². The Morgan fingerprint density at radius 1 is 1.10 bits per heavy atom. The number of aromatic amines is 1. The van der Waals surface area contributed by atoms with Gasteiger partial charge in [-0.3, -0.25) is 4.79 Å². The number of aryl methyl sites for hydroxylation is 1. The third kappa shape index (κ3) is 4.03. The summed E-state index contributed by atoms with van der Waals surface area (Å²) in [6.07, 6.45) is 1.87. The molecule has 0 atom stereocenters. The van der Waals surface area contributed by atoms with Gasteiger partial charge in [0.25, 0.3) is 0 Å². The van der Waals surface area contributed by atoms with Gasteiger partial charge in [0.2, 0.25) is 11.3 Å². The second-order valence-electron chi connectivity index (χ2n) is 7.98. The number of likely N-dealkylation sites (N-methyl/N-ethyl adjacent to an activating group) is 1. The monoisotopic (exact) mass is 405 g/mol. The van der Waals surface area contributed by atoms with Crippen molar-refractivity contribution in [3.8, 4) is 5.75 Å². The molecule has 4 rings (SSSR count). The summed E-state index contributed by atoms with van der Waals surface area (Å²) >= 11 is 0. The lowest BCUT2D eigenvalue weighted by atomic mass is 9.98. The van der Waals surface area contributed by atoms with E-state index >= 15 is 0 Å². The number of H-pyrrole nitrogens is 1. The molecule has 156 valence electrons. The van der Waals surface area contributed by atoms with Crippen molar-refractivity contribution in [2.75, 3.05) is 44.2 Å². The maximum atomic E-state index is 13.5. The van der Waals surface area contributed by atoms with Gasteiger partial charge in [-0.05, 0) is 32.9 Å². The minimum absolute atomic E-state index is 0.0511. The Balaban J connectivity index is 1.84. The predicted octanol–water partition coefficient (Wildman–Crippen LogP) is 2.32. The summed E-state index contributed by atoms with van der Waals surface area (Å²) in [5.74, 6) is 0.882. The van der Waals surface area contributed by atoms with Crippen molar-refractivity contribution >= 4 is 22.4 Å². The van der Waals surface area contributed by atoms with Crippen molar-refractivity contribution in [1.29, 1.82) is 0 Å². The molecule has 0 bridgehead atoms. The molecule has 2 heterocycles. The number of carbonyl (C=O) groups is 1. The standard InChI is InChI=1S/C25H29N3O2/c1-4-27-12-14-28(15-13-27)24-21-16-20(30-5-2)10-11-23(21)26-17-22(24)25(29)19-8-6-18(3)7-9-19/h6-11,16-17H,4-5,12-15H2,1-3H3/p+2. The maximum Gasteiger partial charge on any atom is 0.213 e. The van der Waals surface area contributed by atoms with E-state index in [0.29, 0.717) is 12.2 Å². The van der Waals surface area contributed by atoms with Gasteiger partial charge >= 0.3 is 0 Å². The fourth-order valence-corrected chi connectivity index (χ4v) is 4.24. The highest BCUT2D eigenvalue weighted by Gasteiger charge is 2.28. The summed E-state index contributed by atoms with van der Waals surface area (Å²) in [6, 6.07) is 13.9. The highest BCUT2D eigenvalue weighted by molar-refractivity contribution is 6.15. The van der Waals surface area contributed by atoms with Crippen LogP contribution in [0.5, 0.6) is 5.75 Å². The van der Waals surface area contributed by atoms with E-state index in [2.05, 4.69) is 22.9 Å². The van der Waals surface area contributed by atoms with E-state index in [1.165, 1.54) is 0 Å². The molecule has 0 unspecified atom stereocenters. The lowest BCUT2D eigenvalue weighted by Gasteiger charge is -2.34. The van der Waals surface area contributed by atoms with Crippen molar-refractivity contribution in [3.63, 3.8) is 0 Å². The van der Waals surface area contributed by atoms with E-state index in [1.54, 1.807) is 4.90 Å². The number of pyridine rings is 1. The topological polar surface area (TPSA) is 48.1 Å². The average Bonchev–Trinajstić information content (AvgIpc) is 2.78. The van der Waals surface area contributed by atoms with Crippen LogP contribution in [0.25, 0.3) is 10.9 Å². The largest absolute Gasteiger partial charge is 0.494 e. The van der Waals surface area contributed by atoms with Crippen molar-refractivity contribution in [2.24, 2.45) is 0 Å². The zero-order valence-corrected chi connectivity index (χ0v) is 18.1. The fourth-order valence-electron chi connectivity index (χ4n) is 4.24. The number of benzene rings is 2. The van der Waals surface area contributed by atoms with E-state index in [4.69, 9.17) is 4.74 Å². The Hall–Kier alpha value is -2.92. The van der Waals surface area contributed by atoms with Gasteiger partial charge in [0.15, 0.2) is 6.20 Å². The van der Waals surface area contributed by atoms with Crippen LogP contribution >= 0.6 is 0 Å². The highest BCUT2D eigenvalue weighted by Crippen LogP contribution is 2.32. The number of ether oxygens (including phenoxy) is 1. The summed E-state index contributed by atoms with van der Waals surface area (Å²) in [5.41, 5.74) is 4.62. The lowest BCUT2D eigenvalue weighted by molar-refractivity contribution is -0.898. The first-order valence-electron chi connectivity index (χ1n) is 10.9. The molecule has 0 amide bonds. The first-order chi connectivity index (χ1) is 14.6. The summed E-state index contributed by atoms with van der Waals surface area (Å²) in [4.78, 5) is 20.8. The molecule has 1 saturated heterocycles. The second kappa shape index (κ2) is 8.84. The molecule has 0 spiro atoms. The molecule has 0 saturated carbocycles. The third-order valence-corrected chi connectivity index (χ3v) is 6.03. The zero-order chi connectivity index (χ0) is 21.1. The number of anilines is 1. The van der Waals surface area contributed by atoms with Crippen LogP contribution in [0.1, 0.15) is 35.3 Å². The van der Waals surface area contributed by atoms with Crippen LogP contribution < -0.4 is 19.5 Å². The van der Waals surface area contributed by atoms with E-state index in [0.717, 1.165) is 66.2 Å². The SMILES string of the molecule is CCOc1ccc2[nH+]cc(C(=O)c3ccc(C)cc3)c(N3CC[NH+](CC)CC3)c2c1. The van der Waals surface area contributed by atoms with Gasteiger partial charge in [-0.2, -0.15) is 0 Å². The quantitative estimate of drug-likeness (QED) is 0.641. The van der Waals surface area contributed by atoms with Crippen molar-refractivity contribution < 1.29 is 19.4 Å². The summed E-state index contributed by atoms with van der Waals surface area (Å²) in [6.45, 7) is 12.1. The third-order valence-electron chi connectivity index (χ3n) is 6.03. The molecule has 1 aliphatic rings. The molecular weight excluding hydrogens is 374 g/mol. The van der Waals surface area contributed by atoms with Gasteiger partial charge in [-0.25, -0.2) is 4.98 Å². The number of ketones is 1. The Labute approximate surface area is 178 Å². The van der Waals surface area contributed by atoms with Crippen LogP contribution in [0.2, 0.25) is 0 Å². The smallest absolute Gasteiger partial charge is 0.213 e. The highest BCUT2D eigenvalue weighted by atomic mass is 16.5. The molecule has 0 radical (unpaired) electrons. The van der Waals surface area contributed by atoms with Crippen LogP contribution in [0.15, 0.2) is 48.7 Å². The molecule has 2 aromatic carbocycles. The van der Waals surface area contributed by atoms with Crippen molar-refractivity contribution in [1.82, 2.24) is 0 Å². The van der Waals surface area contributed by atoms with Gasteiger partial charge < -0.3 is 14.5 Å². The van der Waals surface area contributed by atoms with E-state index < -0.39 is 0 Å². The Morgan fingerprint density at radius 2 is 1.83 bits per heavy atom. The Morgan fingerprint density at radius 3 is 2.50 bits per heavy atom. The van der Waals surface area contributed by atoms with Crippen LogP contribution in [-0.2, 0) is 0 Å². The Bertz CT molecular complexity index is 1040.